The van der Waals surface area contributed by atoms with E-state index >= 15 is 0 Å². The van der Waals surface area contributed by atoms with Crippen LogP contribution in [0.2, 0.25) is 0 Å². The van der Waals surface area contributed by atoms with Crippen molar-refractivity contribution < 1.29 is 4.42 Å². The highest BCUT2D eigenvalue weighted by Gasteiger charge is 2.23. The Morgan fingerprint density at radius 1 is 0.362 bits per heavy atom. The molecule has 5 heteroatoms. The summed E-state index contributed by atoms with van der Waals surface area (Å²) in [5.41, 5.74) is 9.70. The third kappa shape index (κ3) is 5.14. The van der Waals surface area contributed by atoms with Crippen LogP contribution in [0.4, 0.5) is 0 Å². The first-order valence-electron chi connectivity index (χ1n) is 19.5. The lowest BCUT2D eigenvalue weighted by atomic mass is 10.0. The molecule has 12 aromatic rings. The molecule has 0 radical (unpaired) electrons. The van der Waals surface area contributed by atoms with Gasteiger partial charge in [0.2, 0.25) is 0 Å². The Balaban J connectivity index is 1.13. The van der Waals surface area contributed by atoms with Gasteiger partial charge in [0, 0.05) is 38.2 Å². The van der Waals surface area contributed by atoms with E-state index in [2.05, 4.69) is 180 Å². The molecule has 0 unspecified atom stereocenters. The van der Waals surface area contributed by atoms with Gasteiger partial charge < -0.3 is 8.98 Å². The van der Waals surface area contributed by atoms with E-state index in [9.17, 15) is 0 Å². The van der Waals surface area contributed by atoms with Gasteiger partial charge in [-0.25, -0.2) is 15.0 Å². The van der Waals surface area contributed by atoms with Crippen LogP contribution in [0.1, 0.15) is 0 Å². The number of nitrogens with zero attached hydrogens (tertiary/aromatic N) is 4. The lowest BCUT2D eigenvalue weighted by Crippen LogP contribution is -2.01. The zero-order valence-corrected chi connectivity index (χ0v) is 31.2. The van der Waals surface area contributed by atoms with Crippen molar-refractivity contribution in [2.75, 3.05) is 0 Å². The fourth-order valence-electron chi connectivity index (χ4n) is 8.64. The summed E-state index contributed by atoms with van der Waals surface area (Å²) in [6, 6.07) is 68.0. The predicted octanol–water partition coefficient (Wildman–Crippen LogP) is 13.8. The molecule has 3 aromatic heterocycles. The highest BCUT2D eigenvalue weighted by molar-refractivity contribution is 6.17. The van der Waals surface area contributed by atoms with Crippen molar-refractivity contribution in [3.8, 4) is 51.0 Å². The van der Waals surface area contributed by atoms with Gasteiger partial charge in [0.1, 0.15) is 5.58 Å². The minimum absolute atomic E-state index is 0.578. The zero-order chi connectivity index (χ0) is 38.2. The zero-order valence-electron chi connectivity index (χ0n) is 31.2. The Hall–Kier alpha value is -7.89. The molecule has 0 amide bonds. The second kappa shape index (κ2) is 12.8. The van der Waals surface area contributed by atoms with E-state index < -0.39 is 0 Å². The number of hydrogen-bond donors (Lipinski definition) is 0. The summed E-state index contributed by atoms with van der Waals surface area (Å²) in [4.78, 5) is 15.7. The number of furan rings is 1. The monoisotopic (exact) mass is 740 g/mol. The second-order valence-electron chi connectivity index (χ2n) is 14.8. The van der Waals surface area contributed by atoms with E-state index in [4.69, 9.17) is 19.4 Å². The predicted molar refractivity (Wildman–Crippen MR) is 238 cm³/mol. The van der Waals surface area contributed by atoms with Crippen molar-refractivity contribution in [2.45, 2.75) is 0 Å². The first-order chi connectivity index (χ1) is 28.7. The summed E-state index contributed by atoms with van der Waals surface area (Å²) in [5, 5.41) is 9.04. The van der Waals surface area contributed by atoms with Crippen LogP contribution in [0.5, 0.6) is 0 Å². The van der Waals surface area contributed by atoms with E-state index in [1.165, 1.54) is 21.5 Å². The summed E-state index contributed by atoms with van der Waals surface area (Å²) in [6.07, 6.45) is 0. The Labute approximate surface area is 333 Å². The molecule has 3 heterocycles. The molecule has 0 atom stereocenters. The van der Waals surface area contributed by atoms with Gasteiger partial charge in [-0.05, 0) is 81.2 Å². The topological polar surface area (TPSA) is 56.7 Å². The molecular formula is C53H32N4O. The van der Waals surface area contributed by atoms with Crippen LogP contribution in [-0.4, -0.2) is 19.5 Å². The third-order valence-corrected chi connectivity index (χ3v) is 11.4. The number of fused-ring (bicyclic) bond motifs is 8. The van der Waals surface area contributed by atoms with E-state index in [0.29, 0.717) is 17.5 Å². The molecule has 5 nitrogen and oxygen atoms in total. The van der Waals surface area contributed by atoms with Crippen molar-refractivity contribution in [1.82, 2.24) is 19.5 Å². The van der Waals surface area contributed by atoms with Gasteiger partial charge in [-0.3, -0.25) is 0 Å². The molecule has 12 rings (SSSR count). The number of rotatable bonds is 5. The molecule has 9 aromatic carbocycles. The molecule has 0 aliphatic carbocycles. The Morgan fingerprint density at radius 3 is 1.81 bits per heavy atom. The largest absolute Gasteiger partial charge is 0.454 e. The van der Waals surface area contributed by atoms with Crippen LogP contribution in [-0.2, 0) is 0 Å². The Morgan fingerprint density at radius 2 is 0.983 bits per heavy atom. The van der Waals surface area contributed by atoms with E-state index in [0.717, 1.165) is 77.2 Å². The minimum atomic E-state index is 0.578. The molecule has 0 aliphatic heterocycles. The average molecular weight is 741 g/mol. The first kappa shape index (κ1) is 32.4. The van der Waals surface area contributed by atoms with E-state index in [1.807, 2.05) is 18.2 Å². The van der Waals surface area contributed by atoms with Crippen LogP contribution < -0.4 is 0 Å². The second-order valence-corrected chi connectivity index (χ2v) is 14.8. The van der Waals surface area contributed by atoms with Crippen LogP contribution >= 0.6 is 0 Å². The van der Waals surface area contributed by atoms with Gasteiger partial charge in [0.05, 0.1) is 16.7 Å². The summed E-state index contributed by atoms with van der Waals surface area (Å²) in [5.74, 6) is 1.79. The highest BCUT2D eigenvalue weighted by Crippen LogP contribution is 2.43. The third-order valence-electron chi connectivity index (χ3n) is 11.4. The van der Waals surface area contributed by atoms with Crippen molar-refractivity contribution in [1.29, 1.82) is 0 Å². The fraction of sp³-hybridized carbons (Fsp3) is 0. The van der Waals surface area contributed by atoms with Crippen LogP contribution in [0.25, 0.3) is 116 Å². The van der Waals surface area contributed by atoms with Crippen molar-refractivity contribution in [3.05, 3.63) is 194 Å². The normalized spacial score (nSPS) is 11.8. The molecule has 270 valence electrons. The molecule has 0 aliphatic rings. The maximum absolute atomic E-state index is 6.91. The average Bonchev–Trinajstić information content (AvgIpc) is 3.84. The summed E-state index contributed by atoms with van der Waals surface area (Å²) >= 11 is 0. The number of para-hydroxylation sites is 2. The highest BCUT2D eigenvalue weighted by atomic mass is 16.3. The standard InChI is InChI=1S/C53H32N4O/c1-2-13-33(14-3-1)36-19-12-20-39(29-36)51-54-52(40-26-25-34-15-4-5-16-35(34)30-40)56-53(55-51)43-27-28-46(50-49(43)42-22-9-11-24-48(42)58-50)57-45-23-10-8-21-41(45)44-31-37-17-6-7-18-38(37)32-47(44)57/h1-32H. The van der Waals surface area contributed by atoms with Crippen LogP contribution in [0, 0.1) is 0 Å². The van der Waals surface area contributed by atoms with E-state index in [-0.39, 0.29) is 0 Å². The van der Waals surface area contributed by atoms with Gasteiger partial charge in [-0.15, -0.1) is 0 Å². The first-order valence-corrected chi connectivity index (χ1v) is 19.5. The molecule has 0 saturated carbocycles. The maximum atomic E-state index is 6.91. The molecule has 58 heavy (non-hydrogen) atoms. The quantitative estimate of drug-likeness (QED) is 0.176. The Bertz CT molecular complexity index is 3580. The maximum Gasteiger partial charge on any atom is 0.164 e. The molecule has 0 spiro atoms. The van der Waals surface area contributed by atoms with Gasteiger partial charge >= 0.3 is 0 Å². The Kier molecular flexibility index (Phi) is 7.16. The van der Waals surface area contributed by atoms with E-state index in [1.54, 1.807) is 0 Å². The summed E-state index contributed by atoms with van der Waals surface area (Å²) in [7, 11) is 0. The van der Waals surface area contributed by atoms with Crippen molar-refractivity contribution in [3.63, 3.8) is 0 Å². The molecule has 0 saturated heterocycles. The fourth-order valence-corrected chi connectivity index (χ4v) is 8.64. The van der Waals surface area contributed by atoms with Crippen LogP contribution in [0.3, 0.4) is 0 Å². The number of aromatic nitrogens is 4. The van der Waals surface area contributed by atoms with Gasteiger partial charge in [-0.2, -0.15) is 0 Å². The van der Waals surface area contributed by atoms with Crippen molar-refractivity contribution >= 4 is 65.3 Å². The molecule has 0 fully saturated rings. The van der Waals surface area contributed by atoms with Crippen molar-refractivity contribution in [2.24, 2.45) is 0 Å². The minimum Gasteiger partial charge on any atom is -0.454 e. The number of benzene rings is 9. The lowest BCUT2D eigenvalue weighted by Gasteiger charge is -2.13. The van der Waals surface area contributed by atoms with Crippen LogP contribution in [0.15, 0.2) is 199 Å². The smallest absolute Gasteiger partial charge is 0.164 e. The summed E-state index contributed by atoms with van der Waals surface area (Å²) in [6.45, 7) is 0. The van der Waals surface area contributed by atoms with Gasteiger partial charge in [-0.1, -0.05) is 146 Å². The molecule has 0 N–H and O–H groups in total. The molecular weight excluding hydrogens is 709 g/mol. The summed E-state index contributed by atoms with van der Waals surface area (Å²) < 4.78 is 9.25. The number of hydrogen-bond acceptors (Lipinski definition) is 4. The van der Waals surface area contributed by atoms with Gasteiger partial charge in [0.15, 0.2) is 23.1 Å². The SMILES string of the molecule is c1ccc(-c2cccc(-c3nc(-c4ccc5ccccc5c4)nc(-c4ccc(-n5c6ccccc6c6cc7ccccc7cc65)c5oc6ccccc6c45)n3)c2)cc1. The molecule has 0 bridgehead atoms. The van der Waals surface area contributed by atoms with Gasteiger partial charge in [0.25, 0.3) is 0 Å². The lowest BCUT2D eigenvalue weighted by molar-refractivity contribution is 0.666.